The van der Waals surface area contributed by atoms with Crippen molar-refractivity contribution in [1.29, 1.82) is 0 Å². The topological polar surface area (TPSA) is 72.2 Å². The number of hydrogen-bond acceptors (Lipinski definition) is 6. The highest BCUT2D eigenvalue weighted by molar-refractivity contribution is 5.99. The molecule has 0 aliphatic carbocycles. The Morgan fingerprint density at radius 1 is 1.09 bits per heavy atom. The summed E-state index contributed by atoms with van der Waals surface area (Å²) in [5, 5.41) is 0.426. The second-order valence-electron chi connectivity index (χ2n) is 8.16. The number of hydrogen-bond donors (Lipinski definition) is 0. The summed E-state index contributed by atoms with van der Waals surface area (Å²) in [7, 11) is 5.45. The Morgan fingerprint density at radius 2 is 1.91 bits per heavy atom. The van der Waals surface area contributed by atoms with E-state index >= 15 is 0 Å². The summed E-state index contributed by atoms with van der Waals surface area (Å²) in [6, 6.07) is 12.1. The molecule has 0 saturated carbocycles. The maximum Gasteiger partial charge on any atom is 0.290 e. The average Bonchev–Trinajstić information content (AvgIpc) is 3.08. The first-order valence-electron chi connectivity index (χ1n) is 10.8. The summed E-state index contributed by atoms with van der Waals surface area (Å²) in [6.07, 6.45) is 0.892. The lowest BCUT2D eigenvalue weighted by Crippen LogP contribution is -2.35. The molecule has 1 aromatic heterocycles. The van der Waals surface area contributed by atoms with E-state index in [1.807, 2.05) is 50.2 Å². The molecule has 0 N–H and O–H groups in total. The van der Waals surface area contributed by atoms with Crippen molar-refractivity contribution in [3.63, 3.8) is 0 Å². The van der Waals surface area contributed by atoms with E-state index in [0.29, 0.717) is 47.7 Å². The zero-order chi connectivity index (χ0) is 22.8. The van der Waals surface area contributed by atoms with Gasteiger partial charge >= 0.3 is 0 Å². The standard InChI is InChI=1S/C25H28N2O5/c1-5-13-31-18-8-6-7-16(14-18)22-21-23(28)19-10-9-17(30-4)15-20(19)32-24(21)25(29)27(22)12-11-26(2)3/h6-10,14-15,22H,5,11-13H2,1-4H3/t22-/m0/s1. The van der Waals surface area contributed by atoms with E-state index in [2.05, 4.69) is 0 Å². The number of rotatable bonds is 8. The molecule has 7 nitrogen and oxygen atoms in total. The Labute approximate surface area is 187 Å². The SMILES string of the molecule is CCCOc1cccc([C@H]2c3c(oc4cc(OC)ccc4c3=O)C(=O)N2CCN(C)C)c1. The summed E-state index contributed by atoms with van der Waals surface area (Å²) in [6.45, 7) is 3.76. The Balaban J connectivity index is 1.88. The zero-order valence-corrected chi connectivity index (χ0v) is 18.9. The average molecular weight is 437 g/mol. The number of benzene rings is 2. The maximum absolute atomic E-state index is 13.6. The van der Waals surface area contributed by atoms with Crippen LogP contribution in [0.4, 0.5) is 0 Å². The maximum atomic E-state index is 13.6. The second-order valence-corrected chi connectivity index (χ2v) is 8.16. The van der Waals surface area contributed by atoms with Gasteiger partial charge in [0.05, 0.1) is 30.7 Å². The Kier molecular flexibility index (Phi) is 6.19. The van der Waals surface area contributed by atoms with Crippen molar-refractivity contribution >= 4 is 16.9 Å². The van der Waals surface area contributed by atoms with Crippen LogP contribution in [0.5, 0.6) is 11.5 Å². The molecule has 168 valence electrons. The third-order valence-corrected chi connectivity index (χ3v) is 5.61. The number of amides is 1. The van der Waals surface area contributed by atoms with Gasteiger partial charge in [-0.25, -0.2) is 0 Å². The van der Waals surface area contributed by atoms with Crippen molar-refractivity contribution in [2.24, 2.45) is 0 Å². The van der Waals surface area contributed by atoms with E-state index in [1.165, 1.54) is 0 Å². The van der Waals surface area contributed by atoms with Crippen molar-refractivity contribution in [2.75, 3.05) is 40.9 Å². The monoisotopic (exact) mass is 436 g/mol. The van der Waals surface area contributed by atoms with Crippen molar-refractivity contribution < 1.29 is 18.7 Å². The molecule has 0 bridgehead atoms. The van der Waals surface area contributed by atoms with Gasteiger partial charge in [0.25, 0.3) is 5.91 Å². The fourth-order valence-corrected chi connectivity index (χ4v) is 4.00. The fraction of sp³-hybridized carbons (Fsp3) is 0.360. The van der Waals surface area contributed by atoms with Gasteiger partial charge in [-0.05, 0) is 50.3 Å². The minimum absolute atomic E-state index is 0.0967. The molecule has 4 rings (SSSR count). The van der Waals surface area contributed by atoms with Crippen LogP contribution in [0.2, 0.25) is 0 Å². The molecule has 7 heteroatoms. The molecular formula is C25H28N2O5. The number of carbonyl (C=O) groups excluding carboxylic acids is 1. The summed E-state index contributed by atoms with van der Waals surface area (Å²) in [4.78, 5) is 30.7. The molecule has 32 heavy (non-hydrogen) atoms. The predicted octanol–water partition coefficient (Wildman–Crippen LogP) is 3.70. The highest BCUT2D eigenvalue weighted by Gasteiger charge is 2.42. The molecule has 0 spiro atoms. The van der Waals surface area contributed by atoms with Gasteiger partial charge in [0.1, 0.15) is 17.1 Å². The molecule has 3 aromatic rings. The molecule has 2 aromatic carbocycles. The summed E-state index contributed by atoms with van der Waals surface area (Å²) in [5.74, 6) is 1.09. The van der Waals surface area contributed by atoms with Gasteiger partial charge < -0.3 is 23.7 Å². The van der Waals surface area contributed by atoms with Gasteiger partial charge in [-0.3, -0.25) is 9.59 Å². The minimum atomic E-state index is -0.537. The molecule has 0 radical (unpaired) electrons. The van der Waals surface area contributed by atoms with Gasteiger partial charge in [0.15, 0.2) is 5.43 Å². The third-order valence-electron chi connectivity index (χ3n) is 5.61. The Morgan fingerprint density at radius 3 is 2.62 bits per heavy atom. The van der Waals surface area contributed by atoms with Crippen molar-refractivity contribution in [2.45, 2.75) is 19.4 Å². The third kappa shape index (κ3) is 3.96. The fourth-order valence-electron chi connectivity index (χ4n) is 4.00. The summed E-state index contributed by atoms with van der Waals surface area (Å²) >= 11 is 0. The molecule has 0 unspecified atom stereocenters. The van der Waals surface area contributed by atoms with E-state index in [1.54, 1.807) is 30.2 Å². The summed E-state index contributed by atoms with van der Waals surface area (Å²) < 4.78 is 17.1. The number of likely N-dealkylation sites (N-methyl/N-ethyl adjacent to an activating group) is 1. The lowest BCUT2D eigenvalue weighted by atomic mass is 9.98. The van der Waals surface area contributed by atoms with Gasteiger partial charge in [0, 0.05) is 19.2 Å². The molecule has 0 fully saturated rings. The van der Waals surface area contributed by atoms with Crippen LogP contribution in [-0.2, 0) is 0 Å². The zero-order valence-electron chi connectivity index (χ0n) is 18.9. The number of ether oxygens (including phenoxy) is 2. The first-order valence-corrected chi connectivity index (χ1v) is 10.8. The van der Waals surface area contributed by atoms with Crippen LogP contribution < -0.4 is 14.9 Å². The highest BCUT2D eigenvalue weighted by atomic mass is 16.5. The van der Waals surface area contributed by atoms with E-state index in [0.717, 1.165) is 12.0 Å². The largest absolute Gasteiger partial charge is 0.497 e. The van der Waals surface area contributed by atoms with Crippen LogP contribution in [-0.4, -0.2) is 56.6 Å². The molecule has 2 heterocycles. The molecule has 1 aliphatic rings. The lowest BCUT2D eigenvalue weighted by molar-refractivity contribution is 0.0716. The van der Waals surface area contributed by atoms with Crippen LogP contribution in [0.1, 0.15) is 41.1 Å². The quantitative estimate of drug-likeness (QED) is 0.536. The van der Waals surface area contributed by atoms with Crippen molar-refractivity contribution in [1.82, 2.24) is 9.80 Å². The van der Waals surface area contributed by atoms with Crippen LogP contribution in [0, 0.1) is 0 Å². The smallest absolute Gasteiger partial charge is 0.290 e. The highest BCUT2D eigenvalue weighted by Crippen LogP contribution is 2.39. The van der Waals surface area contributed by atoms with Crippen LogP contribution in [0.25, 0.3) is 11.0 Å². The number of fused-ring (bicyclic) bond motifs is 2. The summed E-state index contributed by atoms with van der Waals surface area (Å²) in [5.41, 5.74) is 1.34. The molecule has 1 amide bonds. The molecule has 1 atom stereocenters. The number of nitrogens with zero attached hydrogens (tertiary/aromatic N) is 2. The minimum Gasteiger partial charge on any atom is -0.497 e. The van der Waals surface area contributed by atoms with Crippen LogP contribution in [0.3, 0.4) is 0 Å². The van der Waals surface area contributed by atoms with Gasteiger partial charge in [-0.2, -0.15) is 0 Å². The number of carbonyl (C=O) groups is 1. The first-order chi connectivity index (χ1) is 15.4. The van der Waals surface area contributed by atoms with Crippen LogP contribution in [0.15, 0.2) is 51.7 Å². The van der Waals surface area contributed by atoms with E-state index in [-0.39, 0.29) is 17.1 Å². The Hall–Kier alpha value is -3.32. The van der Waals surface area contributed by atoms with Crippen LogP contribution >= 0.6 is 0 Å². The van der Waals surface area contributed by atoms with Crippen molar-refractivity contribution in [3.05, 3.63) is 69.6 Å². The molecular weight excluding hydrogens is 408 g/mol. The molecule has 0 saturated heterocycles. The van der Waals surface area contributed by atoms with Crippen molar-refractivity contribution in [3.8, 4) is 11.5 Å². The lowest BCUT2D eigenvalue weighted by Gasteiger charge is -2.26. The first kappa shape index (κ1) is 21.9. The normalized spacial score (nSPS) is 15.5. The van der Waals surface area contributed by atoms with Gasteiger partial charge in [0.2, 0.25) is 5.76 Å². The van der Waals surface area contributed by atoms with E-state index in [4.69, 9.17) is 13.9 Å². The second kappa shape index (κ2) is 9.04. The molecule has 1 aliphatic heterocycles. The Bertz CT molecular complexity index is 1200. The van der Waals surface area contributed by atoms with Gasteiger partial charge in [-0.15, -0.1) is 0 Å². The van der Waals surface area contributed by atoms with E-state index < -0.39 is 6.04 Å². The van der Waals surface area contributed by atoms with Gasteiger partial charge in [-0.1, -0.05) is 19.1 Å². The predicted molar refractivity (Wildman–Crippen MR) is 123 cm³/mol. The number of methoxy groups -OCH3 is 1. The van der Waals surface area contributed by atoms with E-state index in [9.17, 15) is 9.59 Å².